The van der Waals surface area contributed by atoms with Crippen LogP contribution >= 0.6 is 0 Å². The van der Waals surface area contributed by atoms with Crippen LogP contribution in [0.25, 0.3) is 21.9 Å². The highest BCUT2D eigenvalue weighted by Gasteiger charge is 2.34. The van der Waals surface area contributed by atoms with Gasteiger partial charge < -0.3 is 19.1 Å². The second-order valence-electron chi connectivity index (χ2n) is 12.1. The number of nitrogens with zero attached hydrogens (tertiary/aromatic N) is 2. The number of halogens is 1. The Kier molecular flexibility index (Phi) is 7.77. The quantitative estimate of drug-likeness (QED) is 0.411. The Bertz CT molecular complexity index is 1510. The Balaban J connectivity index is 1.80. The molecule has 2 aliphatic rings. The van der Waals surface area contributed by atoms with Gasteiger partial charge in [-0.2, -0.15) is 0 Å². The molecule has 40 heavy (non-hydrogen) atoms. The predicted molar refractivity (Wildman–Crippen MR) is 153 cm³/mol. The van der Waals surface area contributed by atoms with Crippen molar-refractivity contribution in [1.29, 1.82) is 0 Å². The standard InChI is InChI=1S/C32H39FN2O5/c1-19-21-10-9-15-39-28(21)25(33)17-23(19)26-22-12-11-20(18-35-13-7-6-8-14-35)16-24(22)30(36)34(5)27(26)29(31(37)38)40-32(2,3)4/h11-12,16-17,29H,6-10,13-15,18H2,1-5H3,(H,37,38). The SMILES string of the molecule is Cc1c(-c2c(C(OC(C)(C)C)C(=O)O)n(C)c(=O)c3cc(CN4CCCCC4)ccc23)cc(F)c2c1CCCO2. The third kappa shape index (κ3) is 5.39. The highest BCUT2D eigenvalue weighted by molar-refractivity contribution is 6.00. The first-order valence-corrected chi connectivity index (χ1v) is 14.2. The highest BCUT2D eigenvalue weighted by Crippen LogP contribution is 2.43. The van der Waals surface area contributed by atoms with Crippen LogP contribution in [0.4, 0.5) is 4.39 Å². The zero-order valence-corrected chi connectivity index (χ0v) is 24.1. The molecule has 0 aliphatic carbocycles. The number of hydrogen-bond donors (Lipinski definition) is 1. The molecule has 1 aromatic heterocycles. The molecule has 1 fully saturated rings. The van der Waals surface area contributed by atoms with Crippen LogP contribution in [0, 0.1) is 12.7 Å². The fraction of sp³-hybridized carbons (Fsp3) is 0.500. The van der Waals surface area contributed by atoms with Gasteiger partial charge in [-0.1, -0.05) is 18.6 Å². The molecule has 2 aliphatic heterocycles. The predicted octanol–water partition coefficient (Wildman–Crippen LogP) is 5.90. The number of pyridine rings is 1. The Morgan fingerprint density at radius 3 is 2.52 bits per heavy atom. The zero-order valence-electron chi connectivity index (χ0n) is 24.1. The van der Waals surface area contributed by atoms with Gasteiger partial charge in [-0.15, -0.1) is 0 Å². The van der Waals surface area contributed by atoms with Gasteiger partial charge in [0.05, 0.1) is 17.9 Å². The van der Waals surface area contributed by atoms with Crippen molar-refractivity contribution in [1.82, 2.24) is 9.47 Å². The van der Waals surface area contributed by atoms with E-state index in [0.717, 1.165) is 42.7 Å². The Labute approximate surface area is 234 Å². The minimum absolute atomic E-state index is 0.197. The summed E-state index contributed by atoms with van der Waals surface area (Å²) < 4.78 is 28.6. The normalized spacial score (nSPS) is 16.9. The average molecular weight is 551 g/mol. The molecule has 0 spiro atoms. The summed E-state index contributed by atoms with van der Waals surface area (Å²) in [6.07, 6.45) is 3.55. The number of ether oxygens (including phenoxy) is 2. The van der Waals surface area contributed by atoms with Crippen molar-refractivity contribution < 1.29 is 23.8 Å². The minimum atomic E-state index is -1.44. The molecule has 2 aromatic carbocycles. The number of carbonyl (C=O) groups is 1. The van der Waals surface area contributed by atoms with Gasteiger partial charge in [-0.05, 0) is 101 Å². The summed E-state index contributed by atoms with van der Waals surface area (Å²) in [5, 5.41) is 11.4. The smallest absolute Gasteiger partial charge is 0.339 e. The van der Waals surface area contributed by atoms with E-state index in [2.05, 4.69) is 4.90 Å². The molecule has 1 N–H and O–H groups in total. The molecule has 214 valence electrons. The van der Waals surface area contributed by atoms with Crippen LogP contribution < -0.4 is 10.3 Å². The number of likely N-dealkylation sites (tertiary alicyclic amines) is 1. The van der Waals surface area contributed by atoms with Crippen LogP contribution in [0.1, 0.15) is 74.9 Å². The highest BCUT2D eigenvalue weighted by atomic mass is 19.1. The van der Waals surface area contributed by atoms with E-state index in [4.69, 9.17) is 9.47 Å². The average Bonchev–Trinajstić information content (AvgIpc) is 2.92. The van der Waals surface area contributed by atoms with E-state index in [1.807, 2.05) is 25.1 Å². The molecule has 0 saturated carbocycles. The maximum Gasteiger partial charge on any atom is 0.339 e. The summed E-state index contributed by atoms with van der Waals surface area (Å²) in [5.74, 6) is -1.45. The molecule has 1 unspecified atom stereocenters. The van der Waals surface area contributed by atoms with Gasteiger partial charge in [0.15, 0.2) is 17.7 Å². The lowest BCUT2D eigenvalue weighted by molar-refractivity contribution is -0.161. The Hall–Kier alpha value is -3.23. The van der Waals surface area contributed by atoms with Crippen LogP contribution in [0.2, 0.25) is 0 Å². The van der Waals surface area contributed by atoms with Gasteiger partial charge in [0, 0.05) is 30.1 Å². The minimum Gasteiger partial charge on any atom is -0.490 e. The molecule has 7 nitrogen and oxygen atoms in total. The molecule has 0 amide bonds. The molecule has 0 bridgehead atoms. The summed E-state index contributed by atoms with van der Waals surface area (Å²) in [6, 6.07) is 7.21. The van der Waals surface area contributed by atoms with Gasteiger partial charge in [-0.25, -0.2) is 9.18 Å². The summed E-state index contributed by atoms with van der Waals surface area (Å²) >= 11 is 0. The summed E-state index contributed by atoms with van der Waals surface area (Å²) in [5.41, 5.74) is 2.74. The van der Waals surface area contributed by atoms with Crippen molar-refractivity contribution in [2.45, 2.75) is 78.0 Å². The van der Waals surface area contributed by atoms with Crippen molar-refractivity contribution in [3.05, 3.63) is 62.8 Å². The van der Waals surface area contributed by atoms with E-state index in [-0.39, 0.29) is 17.0 Å². The zero-order chi connectivity index (χ0) is 28.8. The van der Waals surface area contributed by atoms with Crippen LogP contribution in [0.15, 0.2) is 29.1 Å². The van der Waals surface area contributed by atoms with Gasteiger partial charge in [0.25, 0.3) is 5.56 Å². The summed E-state index contributed by atoms with van der Waals surface area (Å²) in [4.78, 5) is 28.9. The number of fused-ring (bicyclic) bond motifs is 2. The lowest BCUT2D eigenvalue weighted by Gasteiger charge is -2.30. The van der Waals surface area contributed by atoms with E-state index in [1.165, 1.54) is 29.9 Å². The molecule has 1 saturated heterocycles. The second kappa shape index (κ2) is 11.0. The molecule has 0 radical (unpaired) electrons. The van der Waals surface area contributed by atoms with Crippen LogP contribution in [-0.4, -0.2) is 45.8 Å². The molecular weight excluding hydrogens is 511 g/mol. The molecule has 5 rings (SSSR count). The topological polar surface area (TPSA) is 81.0 Å². The van der Waals surface area contributed by atoms with Gasteiger partial charge in [0.2, 0.25) is 0 Å². The van der Waals surface area contributed by atoms with Gasteiger partial charge in [0.1, 0.15) is 0 Å². The van der Waals surface area contributed by atoms with Crippen molar-refractivity contribution in [2.24, 2.45) is 7.05 Å². The van der Waals surface area contributed by atoms with Crippen LogP contribution in [-0.2, 0) is 29.5 Å². The first-order chi connectivity index (χ1) is 19.0. The molecule has 3 aromatic rings. The first kappa shape index (κ1) is 28.3. The van der Waals surface area contributed by atoms with E-state index < -0.39 is 23.5 Å². The second-order valence-corrected chi connectivity index (χ2v) is 12.1. The van der Waals surface area contributed by atoms with Crippen molar-refractivity contribution in [3.63, 3.8) is 0 Å². The molecule has 8 heteroatoms. The number of rotatable bonds is 6. The number of piperidine rings is 1. The third-order valence-electron chi connectivity index (χ3n) is 8.01. The number of hydrogen-bond acceptors (Lipinski definition) is 5. The summed E-state index contributed by atoms with van der Waals surface area (Å²) in [6.45, 7) is 10.5. The third-order valence-corrected chi connectivity index (χ3v) is 8.01. The van der Waals surface area contributed by atoms with Gasteiger partial charge >= 0.3 is 5.97 Å². The number of aromatic nitrogens is 1. The van der Waals surface area contributed by atoms with E-state index in [9.17, 15) is 14.7 Å². The van der Waals surface area contributed by atoms with E-state index in [1.54, 1.807) is 27.8 Å². The molecular formula is C32H39FN2O5. The van der Waals surface area contributed by atoms with Crippen LogP contribution in [0.3, 0.4) is 0 Å². The first-order valence-electron chi connectivity index (χ1n) is 14.2. The van der Waals surface area contributed by atoms with Crippen LogP contribution in [0.5, 0.6) is 5.75 Å². The molecule has 3 heterocycles. The number of benzene rings is 2. The fourth-order valence-electron chi connectivity index (χ4n) is 6.14. The maximum atomic E-state index is 15.5. The van der Waals surface area contributed by atoms with Crippen molar-refractivity contribution in [3.8, 4) is 16.9 Å². The molecule has 1 atom stereocenters. The number of carboxylic acid groups (broad SMARTS) is 1. The monoisotopic (exact) mass is 550 g/mol. The largest absolute Gasteiger partial charge is 0.490 e. The van der Waals surface area contributed by atoms with Crippen molar-refractivity contribution in [2.75, 3.05) is 19.7 Å². The van der Waals surface area contributed by atoms with E-state index in [0.29, 0.717) is 34.9 Å². The fourth-order valence-corrected chi connectivity index (χ4v) is 6.14. The van der Waals surface area contributed by atoms with Gasteiger partial charge in [-0.3, -0.25) is 9.69 Å². The lowest BCUT2D eigenvalue weighted by Crippen LogP contribution is -2.33. The lowest BCUT2D eigenvalue weighted by atomic mass is 9.87. The van der Waals surface area contributed by atoms with Crippen molar-refractivity contribution >= 4 is 16.7 Å². The Morgan fingerprint density at radius 2 is 1.85 bits per heavy atom. The number of aliphatic carboxylic acids is 1. The van der Waals surface area contributed by atoms with E-state index >= 15 is 4.39 Å². The Morgan fingerprint density at radius 1 is 1.12 bits per heavy atom. The maximum absolute atomic E-state index is 15.5. The summed E-state index contributed by atoms with van der Waals surface area (Å²) in [7, 11) is 1.58. The number of carboxylic acids is 1.